The van der Waals surface area contributed by atoms with Crippen LogP contribution in [-0.2, 0) is 6.54 Å². The van der Waals surface area contributed by atoms with Gasteiger partial charge < -0.3 is 15.3 Å². The summed E-state index contributed by atoms with van der Waals surface area (Å²) in [4.78, 5) is 16.2. The van der Waals surface area contributed by atoms with Gasteiger partial charge in [-0.3, -0.25) is 4.90 Å². The summed E-state index contributed by atoms with van der Waals surface area (Å²) in [6, 6.07) is 5.79. The molecule has 0 saturated carbocycles. The molecule has 0 aromatic heterocycles. The molecule has 136 valence electrons. The van der Waals surface area contributed by atoms with Gasteiger partial charge in [0.2, 0.25) is 0 Å². The number of carbonyl (C=O) groups excluding carboxylic acids is 1. The maximum Gasteiger partial charge on any atom is 0.317 e. The highest BCUT2D eigenvalue weighted by Crippen LogP contribution is 2.14. The number of hydrogen-bond donors (Lipinski definition) is 2. The lowest BCUT2D eigenvalue weighted by molar-refractivity contribution is 0.0119. The van der Waals surface area contributed by atoms with E-state index < -0.39 is 11.4 Å². The molecule has 1 saturated heterocycles. The molecule has 2 rings (SSSR count). The first-order chi connectivity index (χ1) is 11.7. The van der Waals surface area contributed by atoms with Gasteiger partial charge in [0, 0.05) is 44.3 Å². The first-order valence-electron chi connectivity index (χ1n) is 8.37. The maximum absolute atomic E-state index is 13.8. The monoisotopic (exact) mass is 348 g/mol. The number of carbonyl (C=O) groups is 1. The Morgan fingerprint density at radius 2 is 2.20 bits per heavy atom. The lowest BCUT2D eigenvalue weighted by Gasteiger charge is -2.41. The molecule has 1 aliphatic heterocycles. The zero-order valence-electron chi connectivity index (χ0n) is 14.9. The number of nitrogens with zero attached hydrogens (tertiary/aromatic N) is 3. The van der Waals surface area contributed by atoms with Gasteiger partial charge in [-0.15, -0.1) is 0 Å². The molecule has 1 heterocycles. The molecule has 1 fully saturated rings. The molecule has 0 spiro atoms. The van der Waals surface area contributed by atoms with Crippen molar-refractivity contribution < 1.29 is 14.3 Å². The van der Waals surface area contributed by atoms with E-state index in [9.17, 15) is 14.3 Å². The van der Waals surface area contributed by atoms with E-state index in [0.717, 1.165) is 0 Å². The van der Waals surface area contributed by atoms with Crippen LogP contribution in [-0.4, -0.2) is 58.8 Å². The van der Waals surface area contributed by atoms with Crippen LogP contribution in [0.2, 0.25) is 0 Å². The van der Waals surface area contributed by atoms with E-state index in [4.69, 9.17) is 5.26 Å². The molecule has 6 nitrogen and oxygen atoms in total. The van der Waals surface area contributed by atoms with Crippen LogP contribution in [0, 0.1) is 17.1 Å². The lowest BCUT2D eigenvalue weighted by atomic mass is 10.1. The number of hydrogen-bond acceptors (Lipinski definition) is 4. The molecule has 25 heavy (non-hydrogen) atoms. The summed E-state index contributed by atoms with van der Waals surface area (Å²) in [6.45, 7) is 7.98. The average molecular weight is 348 g/mol. The van der Waals surface area contributed by atoms with Gasteiger partial charge in [-0.2, -0.15) is 5.26 Å². The number of aliphatic hydroxyl groups is 1. The van der Waals surface area contributed by atoms with Gasteiger partial charge in [-0.1, -0.05) is 0 Å². The maximum atomic E-state index is 13.8. The molecule has 1 aromatic rings. The van der Waals surface area contributed by atoms with Crippen molar-refractivity contribution in [1.82, 2.24) is 15.1 Å². The Bertz CT molecular complexity index is 666. The van der Waals surface area contributed by atoms with Gasteiger partial charge in [-0.05, 0) is 39.0 Å². The number of nitriles is 1. The Morgan fingerprint density at radius 1 is 1.48 bits per heavy atom. The van der Waals surface area contributed by atoms with Crippen molar-refractivity contribution in [1.29, 1.82) is 5.26 Å². The number of amides is 2. The van der Waals surface area contributed by atoms with E-state index in [1.54, 1.807) is 18.7 Å². The second-order valence-corrected chi connectivity index (χ2v) is 7.17. The summed E-state index contributed by atoms with van der Waals surface area (Å²) < 4.78 is 13.8. The number of nitrogens with one attached hydrogen (secondary N) is 1. The second kappa shape index (κ2) is 7.81. The fraction of sp³-hybridized carbons (Fsp3) is 0.556. The second-order valence-electron chi connectivity index (χ2n) is 7.17. The van der Waals surface area contributed by atoms with Crippen LogP contribution in [0.15, 0.2) is 18.2 Å². The van der Waals surface area contributed by atoms with Crippen molar-refractivity contribution >= 4 is 6.03 Å². The molecule has 0 bridgehead atoms. The summed E-state index contributed by atoms with van der Waals surface area (Å²) in [7, 11) is 0. The highest BCUT2D eigenvalue weighted by atomic mass is 19.1. The van der Waals surface area contributed by atoms with Crippen molar-refractivity contribution in [3.05, 3.63) is 35.1 Å². The molecule has 2 amide bonds. The van der Waals surface area contributed by atoms with Gasteiger partial charge >= 0.3 is 6.03 Å². The van der Waals surface area contributed by atoms with Crippen molar-refractivity contribution in [3.8, 4) is 6.07 Å². The van der Waals surface area contributed by atoms with E-state index in [2.05, 4.69) is 10.2 Å². The molecule has 1 atom stereocenters. The molecule has 1 aromatic carbocycles. The number of piperazine rings is 1. The normalized spacial score (nSPS) is 18.7. The Labute approximate surface area is 147 Å². The molecule has 0 unspecified atom stereocenters. The quantitative estimate of drug-likeness (QED) is 0.868. The van der Waals surface area contributed by atoms with E-state index in [-0.39, 0.29) is 18.6 Å². The number of benzene rings is 1. The minimum absolute atomic E-state index is 0.00797. The summed E-state index contributed by atoms with van der Waals surface area (Å²) in [5.74, 6) is -0.442. The Kier molecular flexibility index (Phi) is 5.98. The van der Waals surface area contributed by atoms with E-state index in [1.807, 2.05) is 13.0 Å². The highest BCUT2D eigenvalue weighted by molar-refractivity contribution is 5.74. The molecular weight excluding hydrogens is 323 g/mol. The minimum Gasteiger partial charge on any atom is -0.389 e. The number of halogens is 1. The molecule has 0 aliphatic carbocycles. The zero-order valence-corrected chi connectivity index (χ0v) is 14.9. The van der Waals surface area contributed by atoms with E-state index in [1.165, 1.54) is 18.2 Å². The summed E-state index contributed by atoms with van der Waals surface area (Å²) in [6.07, 6.45) is 0. The first kappa shape index (κ1) is 19.2. The van der Waals surface area contributed by atoms with E-state index >= 15 is 0 Å². The SMILES string of the molecule is C[C@H]1CN(CC(C)(C)O)CCN1C(=O)NCc1cc(C#N)ccc1F. The van der Waals surface area contributed by atoms with Crippen LogP contribution in [0.4, 0.5) is 9.18 Å². The molecule has 1 aliphatic rings. The summed E-state index contributed by atoms with van der Waals surface area (Å²) in [5, 5.41) is 21.5. The Balaban J connectivity index is 1.91. The molecule has 2 N–H and O–H groups in total. The average Bonchev–Trinajstić information content (AvgIpc) is 2.52. The standard InChI is InChI=1S/C18H25FN4O2/c1-13-11-22(12-18(2,3)25)6-7-23(13)17(24)21-10-15-8-14(9-20)4-5-16(15)19/h4-5,8,13,25H,6-7,10-12H2,1-3H3,(H,21,24)/t13-/m0/s1. The Morgan fingerprint density at radius 3 is 2.80 bits per heavy atom. The van der Waals surface area contributed by atoms with Gasteiger partial charge in [0.05, 0.1) is 17.2 Å². The molecule has 0 radical (unpaired) electrons. The number of β-amino-alcohol motifs (C(OH)–C–C–N with tert-alkyl or cyclic N) is 1. The predicted octanol–water partition coefficient (Wildman–Crippen LogP) is 1.68. The van der Waals surface area contributed by atoms with Crippen LogP contribution in [0.25, 0.3) is 0 Å². The summed E-state index contributed by atoms with van der Waals surface area (Å²) in [5.41, 5.74) is -0.118. The fourth-order valence-electron chi connectivity index (χ4n) is 3.08. The Hall–Kier alpha value is -2.17. The first-order valence-corrected chi connectivity index (χ1v) is 8.37. The van der Waals surface area contributed by atoms with E-state index in [0.29, 0.717) is 37.3 Å². The van der Waals surface area contributed by atoms with Crippen molar-refractivity contribution in [2.24, 2.45) is 0 Å². The van der Waals surface area contributed by atoms with Gasteiger partial charge in [0.1, 0.15) is 5.82 Å². The highest BCUT2D eigenvalue weighted by Gasteiger charge is 2.29. The predicted molar refractivity (Wildman–Crippen MR) is 92.3 cm³/mol. The zero-order chi connectivity index (χ0) is 18.6. The molecule has 7 heteroatoms. The number of rotatable bonds is 4. The summed E-state index contributed by atoms with van der Waals surface area (Å²) >= 11 is 0. The van der Waals surface area contributed by atoms with Crippen LogP contribution >= 0.6 is 0 Å². The number of urea groups is 1. The van der Waals surface area contributed by atoms with Crippen molar-refractivity contribution in [2.45, 2.75) is 39.0 Å². The van der Waals surface area contributed by atoms with Crippen LogP contribution in [0.3, 0.4) is 0 Å². The van der Waals surface area contributed by atoms with Crippen LogP contribution in [0.5, 0.6) is 0 Å². The third kappa shape index (κ3) is 5.41. The topological polar surface area (TPSA) is 79.6 Å². The van der Waals surface area contributed by atoms with Crippen LogP contribution in [0.1, 0.15) is 31.9 Å². The fourth-order valence-corrected chi connectivity index (χ4v) is 3.08. The minimum atomic E-state index is -0.770. The van der Waals surface area contributed by atoms with Gasteiger partial charge in [0.25, 0.3) is 0 Å². The van der Waals surface area contributed by atoms with Gasteiger partial charge in [0.15, 0.2) is 0 Å². The third-order valence-corrected chi connectivity index (χ3v) is 4.19. The smallest absolute Gasteiger partial charge is 0.317 e. The van der Waals surface area contributed by atoms with Gasteiger partial charge in [-0.25, -0.2) is 9.18 Å². The van der Waals surface area contributed by atoms with Crippen molar-refractivity contribution in [3.63, 3.8) is 0 Å². The van der Waals surface area contributed by atoms with Crippen LogP contribution < -0.4 is 5.32 Å². The molecular formula is C18H25FN4O2. The third-order valence-electron chi connectivity index (χ3n) is 4.19. The van der Waals surface area contributed by atoms with Crippen molar-refractivity contribution in [2.75, 3.05) is 26.2 Å². The largest absolute Gasteiger partial charge is 0.389 e. The lowest BCUT2D eigenvalue weighted by Crippen LogP contribution is -2.58.